The minimum atomic E-state index is -4.25. The van der Waals surface area contributed by atoms with Gasteiger partial charge in [-0.2, -0.15) is 13.2 Å². The molecular weight excluding hydrogens is 271 g/mol. The molecule has 0 saturated heterocycles. The topological polar surface area (TPSA) is 45.7 Å². The molecule has 120 valence electrons. The molecule has 0 fully saturated rings. The van der Waals surface area contributed by atoms with E-state index in [-0.39, 0.29) is 6.61 Å². The van der Waals surface area contributed by atoms with Crippen LogP contribution in [0.4, 0.5) is 13.2 Å². The maximum absolute atomic E-state index is 11.8. The van der Waals surface area contributed by atoms with E-state index in [1.807, 2.05) is 0 Å². The van der Waals surface area contributed by atoms with E-state index in [4.69, 9.17) is 0 Å². The summed E-state index contributed by atoms with van der Waals surface area (Å²) < 4.78 is 39.9. The smallest absolute Gasteiger partial charge is 0.372 e. The molecule has 0 aromatic heterocycles. The van der Waals surface area contributed by atoms with Gasteiger partial charge in [0.15, 0.2) is 5.96 Å². The van der Waals surface area contributed by atoms with Crippen molar-refractivity contribution in [2.75, 3.05) is 33.4 Å². The lowest BCUT2D eigenvalue weighted by molar-refractivity contribution is -0.173. The molecule has 20 heavy (non-hydrogen) atoms. The van der Waals surface area contributed by atoms with Gasteiger partial charge < -0.3 is 15.4 Å². The first-order valence-corrected chi connectivity index (χ1v) is 6.94. The third kappa shape index (κ3) is 13.5. The van der Waals surface area contributed by atoms with E-state index in [0.717, 1.165) is 19.4 Å². The molecule has 0 aromatic carbocycles. The lowest BCUT2D eigenvalue weighted by Crippen LogP contribution is -2.38. The summed E-state index contributed by atoms with van der Waals surface area (Å²) >= 11 is 0. The van der Waals surface area contributed by atoms with Crippen molar-refractivity contribution in [3.8, 4) is 0 Å². The zero-order valence-corrected chi connectivity index (χ0v) is 12.5. The third-order valence-corrected chi connectivity index (χ3v) is 2.50. The molecule has 0 atom stereocenters. The van der Waals surface area contributed by atoms with Gasteiger partial charge in [0.05, 0.1) is 0 Å². The number of nitrogens with one attached hydrogen (secondary N) is 2. The number of aliphatic imine (C=N–C) groups is 1. The molecule has 0 aliphatic carbocycles. The standard InChI is InChI=1S/C13H26F3N3O/c1-11(2)6-4-7-18-12(17-3)19-8-5-9-20-10-13(14,15)16/h11H,4-10H2,1-3H3,(H2,17,18,19). The number of nitrogens with zero attached hydrogens (tertiary/aromatic N) is 1. The second-order valence-corrected chi connectivity index (χ2v) is 4.98. The summed E-state index contributed by atoms with van der Waals surface area (Å²) in [6.45, 7) is 4.61. The fourth-order valence-corrected chi connectivity index (χ4v) is 1.51. The maximum atomic E-state index is 11.8. The SMILES string of the molecule is CN=C(NCCCOCC(F)(F)F)NCCCC(C)C. The molecule has 0 heterocycles. The summed E-state index contributed by atoms with van der Waals surface area (Å²) in [7, 11) is 1.66. The van der Waals surface area contributed by atoms with Gasteiger partial charge in [0.1, 0.15) is 6.61 Å². The average Bonchev–Trinajstić information content (AvgIpc) is 2.34. The second kappa shape index (κ2) is 10.8. The van der Waals surface area contributed by atoms with Gasteiger partial charge in [-0.1, -0.05) is 13.8 Å². The Morgan fingerprint density at radius 1 is 1.15 bits per heavy atom. The van der Waals surface area contributed by atoms with Crippen LogP contribution in [0.25, 0.3) is 0 Å². The molecule has 0 saturated carbocycles. The van der Waals surface area contributed by atoms with Crippen molar-refractivity contribution in [3.63, 3.8) is 0 Å². The Labute approximate surface area is 119 Å². The highest BCUT2D eigenvalue weighted by atomic mass is 19.4. The van der Waals surface area contributed by atoms with E-state index in [1.165, 1.54) is 0 Å². The quantitative estimate of drug-likeness (QED) is 0.390. The van der Waals surface area contributed by atoms with Crippen molar-refractivity contribution < 1.29 is 17.9 Å². The molecule has 0 aliphatic heterocycles. The highest BCUT2D eigenvalue weighted by Gasteiger charge is 2.27. The van der Waals surface area contributed by atoms with Crippen molar-refractivity contribution in [2.45, 2.75) is 39.3 Å². The zero-order chi connectivity index (χ0) is 15.4. The Bertz CT molecular complexity index is 268. The van der Waals surface area contributed by atoms with Crippen molar-refractivity contribution >= 4 is 5.96 Å². The van der Waals surface area contributed by atoms with Crippen LogP contribution in [-0.4, -0.2) is 45.5 Å². The molecule has 0 aliphatic rings. The van der Waals surface area contributed by atoms with Crippen LogP contribution in [0.3, 0.4) is 0 Å². The molecule has 0 amide bonds. The lowest BCUT2D eigenvalue weighted by atomic mass is 10.1. The van der Waals surface area contributed by atoms with Crippen molar-refractivity contribution in [1.29, 1.82) is 0 Å². The van der Waals surface area contributed by atoms with Crippen LogP contribution < -0.4 is 10.6 Å². The summed E-state index contributed by atoms with van der Waals surface area (Å²) in [5.41, 5.74) is 0. The Morgan fingerprint density at radius 2 is 1.75 bits per heavy atom. The van der Waals surface area contributed by atoms with Gasteiger partial charge in [0, 0.05) is 26.7 Å². The van der Waals surface area contributed by atoms with E-state index in [0.29, 0.717) is 24.8 Å². The lowest BCUT2D eigenvalue weighted by Gasteiger charge is -2.12. The predicted octanol–water partition coefficient (Wildman–Crippen LogP) is 2.56. The molecular formula is C13H26F3N3O. The van der Waals surface area contributed by atoms with Gasteiger partial charge in [-0.15, -0.1) is 0 Å². The molecule has 0 bridgehead atoms. The molecule has 0 spiro atoms. The molecule has 2 N–H and O–H groups in total. The van der Waals surface area contributed by atoms with Crippen molar-refractivity contribution in [3.05, 3.63) is 0 Å². The number of guanidine groups is 1. The predicted molar refractivity (Wildman–Crippen MR) is 74.9 cm³/mol. The first-order valence-electron chi connectivity index (χ1n) is 6.94. The normalized spacial score (nSPS) is 12.8. The Morgan fingerprint density at radius 3 is 2.25 bits per heavy atom. The largest absolute Gasteiger partial charge is 0.411 e. The van der Waals surface area contributed by atoms with Gasteiger partial charge in [0.2, 0.25) is 0 Å². The third-order valence-electron chi connectivity index (χ3n) is 2.50. The van der Waals surface area contributed by atoms with Crippen LogP contribution in [0.5, 0.6) is 0 Å². The minimum absolute atomic E-state index is 0.0802. The van der Waals surface area contributed by atoms with Gasteiger partial charge in [0.25, 0.3) is 0 Å². The number of halogens is 3. The summed E-state index contributed by atoms with van der Waals surface area (Å²) in [6.07, 6.45) is -1.54. The molecule has 0 radical (unpaired) electrons. The first kappa shape index (κ1) is 19.0. The van der Waals surface area contributed by atoms with Crippen molar-refractivity contribution in [1.82, 2.24) is 10.6 Å². The fraction of sp³-hybridized carbons (Fsp3) is 0.923. The number of rotatable bonds is 9. The average molecular weight is 297 g/mol. The van der Waals surface area contributed by atoms with Gasteiger partial charge in [-0.3, -0.25) is 4.99 Å². The van der Waals surface area contributed by atoms with Crippen LogP contribution in [-0.2, 0) is 4.74 Å². The Balaban J connectivity index is 3.51. The molecule has 0 unspecified atom stereocenters. The van der Waals surface area contributed by atoms with Crippen molar-refractivity contribution in [2.24, 2.45) is 10.9 Å². The summed E-state index contributed by atoms with van der Waals surface area (Å²) in [4.78, 5) is 4.04. The van der Waals surface area contributed by atoms with E-state index in [2.05, 4.69) is 34.2 Å². The highest BCUT2D eigenvalue weighted by molar-refractivity contribution is 5.79. The molecule has 0 aromatic rings. The number of hydrogen-bond acceptors (Lipinski definition) is 2. The van der Waals surface area contributed by atoms with Crippen LogP contribution in [0.2, 0.25) is 0 Å². The van der Waals surface area contributed by atoms with Crippen LogP contribution in [0.15, 0.2) is 4.99 Å². The Hall–Kier alpha value is -0.980. The van der Waals surface area contributed by atoms with Gasteiger partial charge in [-0.25, -0.2) is 0 Å². The summed E-state index contributed by atoms with van der Waals surface area (Å²) in [5.74, 6) is 1.35. The second-order valence-electron chi connectivity index (χ2n) is 4.98. The molecule has 7 heteroatoms. The maximum Gasteiger partial charge on any atom is 0.411 e. The van der Waals surface area contributed by atoms with E-state index in [1.54, 1.807) is 7.05 Å². The van der Waals surface area contributed by atoms with E-state index >= 15 is 0 Å². The van der Waals surface area contributed by atoms with Crippen LogP contribution >= 0.6 is 0 Å². The van der Waals surface area contributed by atoms with Crippen LogP contribution in [0.1, 0.15) is 33.1 Å². The fourth-order valence-electron chi connectivity index (χ4n) is 1.51. The zero-order valence-electron chi connectivity index (χ0n) is 12.5. The van der Waals surface area contributed by atoms with Crippen LogP contribution in [0, 0.1) is 5.92 Å². The Kier molecular flexibility index (Phi) is 10.2. The van der Waals surface area contributed by atoms with Gasteiger partial charge >= 0.3 is 6.18 Å². The monoisotopic (exact) mass is 297 g/mol. The van der Waals surface area contributed by atoms with E-state index in [9.17, 15) is 13.2 Å². The highest BCUT2D eigenvalue weighted by Crippen LogP contribution is 2.14. The van der Waals surface area contributed by atoms with E-state index < -0.39 is 12.8 Å². The number of ether oxygens (including phenoxy) is 1. The number of alkyl halides is 3. The summed E-state index contributed by atoms with van der Waals surface area (Å²) in [5, 5.41) is 6.19. The summed E-state index contributed by atoms with van der Waals surface area (Å²) in [6, 6.07) is 0. The minimum Gasteiger partial charge on any atom is -0.372 e. The number of hydrogen-bond donors (Lipinski definition) is 2. The first-order chi connectivity index (χ1) is 9.35. The molecule has 0 rings (SSSR count). The molecule has 4 nitrogen and oxygen atoms in total. The van der Waals surface area contributed by atoms with Gasteiger partial charge in [-0.05, 0) is 25.2 Å².